The Kier molecular flexibility index (Phi) is 4.92. The number of ketones is 1. The molecule has 7 heteroatoms. The highest BCUT2D eigenvalue weighted by molar-refractivity contribution is 6.14. The molecule has 0 fully saturated rings. The van der Waals surface area contributed by atoms with Crippen molar-refractivity contribution >= 4 is 17.5 Å². The van der Waals surface area contributed by atoms with Crippen LogP contribution in [-0.2, 0) is 0 Å². The van der Waals surface area contributed by atoms with Crippen molar-refractivity contribution in [2.75, 3.05) is 7.11 Å². The second-order valence-electron chi connectivity index (χ2n) is 4.71. The molecule has 0 radical (unpaired) electrons. The summed E-state index contributed by atoms with van der Waals surface area (Å²) in [6, 6.07) is 11.3. The van der Waals surface area contributed by atoms with Crippen molar-refractivity contribution in [3.05, 3.63) is 69.3 Å². The van der Waals surface area contributed by atoms with E-state index >= 15 is 0 Å². The maximum Gasteiger partial charge on any atom is 0.262 e. The largest absolute Gasteiger partial charge is 0.868 e. The lowest BCUT2D eigenvalue weighted by Crippen LogP contribution is -2.02. The third-order valence-corrected chi connectivity index (χ3v) is 3.21. The quantitative estimate of drug-likeness (QED) is 0.274. The van der Waals surface area contributed by atoms with Gasteiger partial charge in [0.15, 0.2) is 0 Å². The molecule has 7 nitrogen and oxygen atoms in total. The zero-order valence-corrected chi connectivity index (χ0v) is 12.6. The van der Waals surface area contributed by atoms with E-state index < -0.39 is 22.1 Å². The van der Waals surface area contributed by atoms with Gasteiger partial charge >= 0.3 is 0 Å². The maximum atomic E-state index is 12.3. The first-order valence-electron chi connectivity index (χ1n) is 6.72. The Morgan fingerprint density at radius 2 is 1.92 bits per heavy atom. The minimum absolute atomic E-state index is 0.201. The van der Waals surface area contributed by atoms with E-state index in [2.05, 4.69) is 0 Å². The number of allylic oxidation sites excluding steroid dienone is 1. The summed E-state index contributed by atoms with van der Waals surface area (Å²) in [7, 11) is 1.49. The van der Waals surface area contributed by atoms with Gasteiger partial charge in [0.05, 0.1) is 12.0 Å². The average Bonchev–Trinajstić information content (AvgIpc) is 2.60. The highest BCUT2D eigenvalue weighted by Crippen LogP contribution is 2.25. The van der Waals surface area contributed by atoms with Crippen LogP contribution in [0.25, 0.3) is 6.08 Å². The van der Waals surface area contributed by atoms with E-state index in [4.69, 9.17) is 4.74 Å². The zero-order valence-electron chi connectivity index (χ0n) is 12.6. The molecule has 0 aliphatic heterocycles. The van der Waals surface area contributed by atoms with E-state index in [0.29, 0.717) is 5.75 Å². The number of ether oxygens (including phenoxy) is 1. The van der Waals surface area contributed by atoms with Crippen molar-refractivity contribution in [2.45, 2.75) is 0 Å². The lowest BCUT2D eigenvalue weighted by Gasteiger charge is -2.07. The van der Waals surface area contributed by atoms with Gasteiger partial charge in [-0.25, -0.2) is 0 Å². The van der Waals surface area contributed by atoms with Crippen molar-refractivity contribution in [3.63, 3.8) is 0 Å². The van der Waals surface area contributed by atoms with Crippen molar-refractivity contribution in [2.24, 2.45) is 0 Å². The molecule has 0 spiro atoms. The second-order valence-corrected chi connectivity index (χ2v) is 4.71. The molecule has 0 heterocycles. The molecule has 0 bridgehead atoms. The number of carbonyl (C=O) groups excluding carboxylic acids is 1. The van der Waals surface area contributed by atoms with E-state index in [-0.39, 0.29) is 16.7 Å². The summed E-state index contributed by atoms with van der Waals surface area (Å²) in [5.74, 6) is -0.707. The minimum atomic E-state index is -0.809. The van der Waals surface area contributed by atoms with Crippen LogP contribution in [0.2, 0.25) is 0 Å². The molecular weight excluding hydrogens is 312 g/mol. The average molecular weight is 323 g/mol. The first-order chi connectivity index (χ1) is 11.5. The Morgan fingerprint density at radius 1 is 1.25 bits per heavy atom. The monoisotopic (exact) mass is 323 g/mol. The van der Waals surface area contributed by atoms with Crippen molar-refractivity contribution in [1.82, 2.24) is 0 Å². The summed E-state index contributed by atoms with van der Waals surface area (Å²) in [5.41, 5.74) is -0.315. The van der Waals surface area contributed by atoms with Gasteiger partial charge < -0.3 is 9.84 Å². The Balaban J connectivity index is 2.38. The van der Waals surface area contributed by atoms with E-state index in [1.807, 2.05) is 0 Å². The molecule has 24 heavy (non-hydrogen) atoms. The van der Waals surface area contributed by atoms with Crippen molar-refractivity contribution in [1.29, 1.82) is 5.26 Å². The Hall–Kier alpha value is -3.66. The van der Waals surface area contributed by atoms with Gasteiger partial charge in [-0.05, 0) is 41.7 Å². The predicted octanol–water partition coefficient (Wildman–Crippen LogP) is 2.47. The van der Waals surface area contributed by atoms with Crippen LogP contribution in [0, 0.1) is 21.4 Å². The number of nitro benzene ring substituents is 1. The highest BCUT2D eigenvalue weighted by atomic mass is 16.6. The van der Waals surface area contributed by atoms with Crippen molar-refractivity contribution < 1.29 is 19.6 Å². The summed E-state index contributed by atoms with van der Waals surface area (Å²) in [4.78, 5) is 22.3. The van der Waals surface area contributed by atoms with E-state index in [9.17, 15) is 25.3 Å². The Labute approximate surface area is 137 Å². The smallest absolute Gasteiger partial charge is 0.262 e. The van der Waals surface area contributed by atoms with Gasteiger partial charge in [-0.15, -0.1) is 0 Å². The van der Waals surface area contributed by atoms with Crippen LogP contribution in [0.3, 0.4) is 0 Å². The number of methoxy groups -OCH3 is 1. The van der Waals surface area contributed by atoms with E-state index in [1.54, 1.807) is 18.2 Å². The van der Waals surface area contributed by atoms with Crippen LogP contribution in [0.5, 0.6) is 11.5 Å². The summed E-state index contributed by atoms with van der Waals surface area (Å²) in [5, 5.41) is 31.4. The molecule has 2 aromatic rings. The number of nitriles is 1. The molecule has 2 aromatic carbocycles. The van der Waals surface area contributed by atoms with E-state index in [0.717, 1.165) is 12.1 Å². The lowest BCUT2D eigenvalue weighted by molar-refractivity contribution is -0.398. The van der Waals surface area contributed by atoms with Crippen LogP contribution in [-0.4, -0.2) is 17.8 Å². The maximum absolute atomic E-state index is 12.3. The fraction of sp³-hybridized carbons (Fsp3) is 0.0588. The first-order valence-corrected chi connectivity index (χ1v) is 6.72. The van der Waals surface area contributed by atoms with Gasteiger partial charge in [0.1, 0.15) is 17.4 Å². The molecule has 0 saturated heterocycles. The molecule has 0 saturated carbocycles. The van der Waals surface area contributed by atoms with Crippen LogP contribution in [0.15, 0.2) is 48.0 Å². The normalized spacial score (nSPS) is 10.8. The molecule has 0 aliphatic rings. The molecule has 0 aliphatic carbocycles. The number of hydrogen-bond acceptors (Lipinski definition) is 6. The summed E-state index contributed by atoms with van der Waals surface area (Å²) < 4.78 is 4.99. The molecule has 0 amide bonds. The van der Waals surface area contributed by atoms with Gasteiger partial charge in [0.25, 0.3) is 5.69 Å². The standard InChI is InChI=1S/C17H12N2O5/c1-24-14-5-3-12(4-6-14)17(21)13(10-18)8-11-2-7-16(20)15(9-11)19(22)23/h2-9,20H,1H3/p-1/b13-8+. The van der Waals surface area contributed by atoms with Crippen LogP contribution in [0.4, 0.5) is 5.69 Å². The molecule has 0 N–H and O–H groups in total. The van der Waals surface area contributed by atoms with Crippen LogP contribution >= 0.6 is 0 Å². The van der Waals surface area contributed by atoms with Gasteiger partial charge in [-0.2, -0.15) is 5.26 Å². The Morgan fingerprint density at radius 3 is 2.46 bits per heavy atom. The third-order valence-electron chi connectivity index (χ3n) is 3.21. The number of carbonyl (C=O) groups is 1. The van der Waals surface area contributed by atoms with Gasteiger partial charge in [0, 0.05) is 11.6 Å². The molecule has 120 valence electrons. The Bertz CT molecular complexity index is 864. The van der Waals surface area contributed by atoms with Gasteiger partial charge in [0.2, 0.25) is 5.78 Å². The molecular formula is C17H11N2O5-. The molecule has 0 unspecified atom stereocenters. The minimum Gasteiger partial charge on any atom is -0.868 e. The second kappa shape index (κ2) is 7.07. The molecule has 0 atom stereocenters. The van der Waals surface area contributed by atoms with Crippen LogP contribution in [0.1, 0.15) is 15.9 Å². The topological polar surface area (TPSA) is 116 Å². The zero-order chi connectivity index (χ0) is 17.7. The number of nitrogens with zero attached hydrogens (tertiary/aromatic N) is 2. The van der Waals surface area contributed by atoms with Gasteiger partial charge in [-0.3, -0.25) is 14.9 Å². The van der Waals surface area contributed by atoms with Crippen molar-refractivity contribution in [3.8, 4) is 17.6 Å². The number of hydrogen-bond donors (Lipinski definition) is 0. The molecule has 2 rings (SSSR count). The van der Waals surface area contributed by atoms with E-state index in [1.165, 1.54) is 31.4 Å². The SMILES string of the molecule is COc1ccc(C(=O)/C(C#N)=C/c2ccc([O-])c([N+](=O)[O-])c2)cc1. The lowest BCUT2D eigenvalue weighted by atomic mass is 10.0. The summed E-state index contributed by atoms with van der Waals surface area (Å²) >= 11 is 0. The number of rotatable bonds is 5. The first kappa shape index (κ1) is 16.7. The third kappa shape index (κ3) is 3.56. The predicted molar refractivity (Wildman–Crippen MR) is 83.5 cm³/mol. The fourth-order valence-electron chi connectivity index (χ4n) is 1.98. The number of Topliss-reactive ketones (excluding diaryl/α,β-unsaturated/α-hetero) is 1. The summed E-state index contributed by atoms with van der Waals surface area (Å²) in [6.07, 6.45) is 1.21. The fourth-order valence-corrected chi connectivity index (χ4v) is 1.98. The molecule has 0 aromatic heterocycles. The van der Waals surface area contributed by atoms with Gasteiger partial charge in [-0.1, -0.05) is 12.1 Å². The highest BCUT2D eigenvalue weighted by Gasteiger charge is 2.13. The summed E-state index contributed by atoms with van der Waals surface area (Å²) in [6.45, 7) is 0. The van der Waals surface area contributed by atoms with Crippen LogP contribution < -0.4 is 9.84 Å². The number of nitro groups is 1. The number of benzene rings is 2.